The number of allylic oxidation sites excluding steroid dienone is 1. The predicted molar refractivity (Wildman–Crippen MR) is 56.4 cm³/mol. The first kappa shape index (κ1) is 9.41. The lowest BCUT2D eigenvalue weighted by Gasteiger charge is -2.02. The molecule has 14 heavy (non-hydrogen) atoms. The van der Waals surface area contributed by atoms with E-state index in [0.717, 1.165) is 11.3 Å². The van der Waals surface area contributed by atoms with Crippen molar-refractivity contribution in [3.05, 3.63) is 47.4 Å². The number of rotatable bonds is 2. The van der Waals surface area contributed by atoms with E-state index < -0.39 is 0 Å². The van der Waals surface area contributed by atoms with Gasteiger partial charge in [-0.3, -0.25) is 4.99 Å². The average molecular weight is 210 g/mol. The maximum absolute atomic E-state index is 13.3. The third-order valence-corrected chi connectivity index (χ3v) is 2.50. The highest BCUT2D eigenvalue weighted by atomic mass is 35.5. The Bertz CT molecular complexity index is 410. The molecule has 0 atom stereocenters. The van der Waals surface area contributed by atoms with Gasteiger partial charge in [-0.15, -0.1) is 11.6 Å². The predicted octanol–water partition coefficient (Wildman–Crippen LogP) is 3.14. The van der Waals surface area contributed by atoms with Crippen LogP contribution in [0.1, 0.15) is 12.0 Å². The summed E-state index contributed by atoms with van der Waals surface area (Å²) in [6, 6.07) is 6.65. The van der Waals surface area contributed by atoms with Gasteiger partial charge < -0.3 is 0 Å². The number of benzene rings is 1. The van der Waals surface area contributed by atoms with E-state index in [0.29, 0.717) is 17.9 Å². The molecule has 1 aliphatic heterocycles. The molecule has 3 heteroatoms. The second-order valence-electron chi connectivity index (χ2n) is 3.15. The molecular formula is C11H9ClFN. The minimum Gasteiger partial charge on any atom is -0.260 e. The first-order valence-corrected chi connectivity index (χ1v) is 4.90. The second kappa shape index (κ2) is 3.93. The van der Waals surface area contributed by atoms with Gasteiger partial charge in [0.15, 0.2) is 0 Å². The molecule has 2 rings (SSSR count). The Kier molecular flexibility index (Phi) is 2.64. The van der Waals surface area contributed by atoms with Crippen LogP contribution in [-0.2, 0) is 0 Å². The summed E-state index contributed by atoms with van der Waals surface area (Å²) in [5, 5.41) is 0. The zero-order chi connectivity index (χ0) is 9.97. The summed E-state index contributed by atoms with van der Waals surface area (Å²) < 4.78 is 13.3. The Labute approximate surface area is 86.9 Å². The van der Waals surface area contributed by atoms with Crippen molar-refractivity contribution < 1.29 is 4.39 Å². The van der Waals surface area contributed by atoms with Gasteiger partial charge in [0.05, 0.1) is 5.71 Å². The average Bonchev–Trinajstić information content (AvgIpc) is 2.67. The molecule has 1 nitrogen and oxygen atoms in total. The van der Waals surface area contributed by atoms with Crippen LogP contribution in [0.4, 0.5) is 4.39 Å². The fourth-order valence-electron chi connectivity index (χ4n) is 1.42. The Balaban J connectivity index is 2.24. The fraction of sp³-hybridized carbons (Fsp3) is 0.182. The lowest BCUT2D eigenvalue weighted by Crippen LogP contribution is -2.01. The van der Waals surface area contributed by atoms with Gasteiger partial charge in [0.2, 0.25) is 0 Å². The largest absolute Gasteiger partial charge is 0.260 e. The summed E-state index contributed by atoms with van der Waals surface area (Å²) in [5.74, 6) is 0.233. The molecule has 0 unspecified atom stereocenters. The summed E-state index contributed by atoms with van der Waals surface area (Å²) in [6.45, 7) is 0. The van der Waals surface area contributed by atoms with Crippen molar-refractivity contribution >= 4 is 17.3 Å². The summed E-state index contributed by atoms with van der Waals surface area (Å²) in [6.07, 6.45) is 2.37. The normalized spacial score (nSPS) is 15.3. The maximum atomic E-state index is 13.3. The zero-order valence-electron chi connectivity index (χ0n) is 7.50. The van der Waals surface area contributed by atoms with Crippen molar-refractivity contribution in [1.29, 1.82) is 0 Å². The highest BCUT2D eigenvalue weighted by molar-refractivity contribution is 6.20. The number of hydrogen-bond acceptors (Lipinski definition) is 1. The van der Waals surface area contributed by atoms with Crippen LogP contribution in [-0.4, -0.2) is 11.6 Å². The summed E-state index contributed by atoms with van der Waals surface area (Å²) in [4.78, 5) is 4.15. The Morgan fingerprint density at radius 3 is 2.79 bits per heavy atom. The third kappa shape index (κ3) is 1.70. The number of hydrogen-bond donors (Lipinski definition) is 0. The van der Waals surface area contributed by atoms with Gasteiger partial charge in [-0.25, -0.2) is 4.39 Å². The molecule has 1 heterocycles. The van der Waals surface area contributed by atoms with E-state index in [9.17, 15) is 4.39 Å². The van der Waals surface area contributed by atoms with Gasteiger partial charge in [-0.05, 0) is 11.6 Å². The standard InChI is InChI=1S/C11H9ClFN/c12-6-8-5-11(14-7-8)9-3-1-2-4-10(9)13/h1-4,7H,5-6H2. The number of aliphatic imine (C=N–C) groups is 1. The lowest BCUT2D eigenvalue weighted by molar-refractivity contribution is 0.625. The summed E-state index contributed by atoms with van der Waals surface area (Å²) in [5.41, 5.74) is 2.37. The van der Waals surface area contributed by atoms with Crippen molar-refractivity contribution in [3.8, 4) is 0 Å². The quantitative estimate of drug-likeness (QED) is 0.664. The minimum atomic E-state index is -0.226. The topological polar surface area (TPSA) is 12.4 Å². The van der Waals surface area contributed by atoms with Crippen LogP contribution in [0.25, 0.3) is 0 Å². The van der Waals surface area contributed by atoms with Crippen LogP contribution in [0.3, 0.4) is 0 Å². The molecule has 0 spiro atoms. The van der Waals surface area contributed by atoms with Gasteiger partial charge in [0.1, 0.15) is 5.82 Å². The van der Waals surface area contributed by atoms with Crippen molar-refractivity contribution in [2.75, 3.05) is 5.88 Å². The molecule has 0 aromatic heterocycles. The molecule has 0 amide bonds. The van der Waals surface area contributed by atoms with Crippen LogP contribution in [0.15, 0.2) is 41.0 Å². The van der Waals surface area contributed by atoms with Gasteiger partial charge in [0, 0.05) is 24.1 Å². The van der Waals surface area contributed by atoms with Gasteiger partial charge in [0.25, 0.3) is 0 Å². The molecule has 0 N–H and O–H groups in total. The SMILES string of the molecule is Fc1ccccc1C1=NC=C(CCl)C1. The Morgan fingerprint density at radius 2 is 2.14 bits per heavy atom. The molecule has 1 aliphatic rings. The molecule has 72 valence electrons. The monoisotopic (exact) mass is 209 g/mol. The van der Waals surface area contributed by atoms with Crippen molar-refractivity contribution in [2.24, 2.45) is 4.99 Å². The van der Waals surface area contributed by atoms with Crippen LogP contribution < -0.4 is 0 Å². The summed E-state index contributed by atoms with van der Waals surface area (Å²) in [7, 11) is 0. The molecule has 0 saturated carbocycles. The first-order valence-electron chi connectivity index (χ1n) is 4.36. The van der Waals surface area contributed by atoms with E-state index in [1.807, 2.05) is 0 Å². The molecule has 0 saturated heterocycles. The van der Waals surface area contributed by atoms with E-state index in [2.05, 4.69) is 4.99 Å². The highest BCUT2D eigenvalue weighted by Crippen LogP contribution is 2.19. The molecule has 0 aliphatic carbocycles. The molecule has 0 fully saturated rings. The molecular weight excluding hydrogens is 201 g/mol. The fourth-order valence-corrected chi connectivity index (χ4v) is 1.58. The molecule has 0 bridgehead atoms. The van der Waals surface area contributed by atoms with Crippen LogP contribution in [0, 0.1) is 5.82 Å². The van der Waals surface area contributed by atoms with E-state index in [-0.39, 0.29) is 5.82 Å². The zero-order valence-corrected chi connectivity index (χ0v) is 8.26. The first-order chi connectivity index (χ1) is 6.81. The molecule has 1 aromatic carbocycles. The van der Waals surface area contributed by atoms with Crippen molar-refractivity contribution in [3.63, 3.8) is 0 Å². The van der Waals surface area contributed by atoms with Crippen LogP contribution >= 0.6 is 11.6 Å². The minimum absolute atomic E-state index is 0.226. The lowest BCUT2D eigenvalue weighted by atomic mass is 10.1. The molecule has 1 aromatic rings. The Morgan fingerprint density at radius 1 is 1.36 bits per heavy atom. The second-order valence-corrected chi connectivity index (χ2v) is 3.42. The third-order valence-electron chi connectivity index (χ3n) is 2.15. The van der Waals surface area contributed by atoms with Crippen molar-refractivity contribution in [1.82, 2.24) is 0 Å². The molecule has 0 radical (unpaired) electrons. The smallest absolute Gasteiger partial charge is 0.132 e. The number of halogens is 2. The van der Waals surface area contributed by atoms with E-state index in [1.165, 1.54) is 6.07 Å². The maximum Gasteiger partial charge on any atom is 0.132 e. The van der Waals surface area contributed by atoms with Crippen molar-refractivity contribution in [2.45, 2.75) is 6.42 Å². The van der Waals surface area contributed by atoms with E-state index in [1.54, 1.807) is 24.4 Å². The van der Waals surface area contributed by atoms with Crippen LogP contribution in [0.5, 0.6) is 0 Å². The highest BCUT2D eigenvalue weighted by Gasteiger charge is 2.14. The number of alkyl halides is 1. The summed E-state index contributed by atoms with van der Waals surface area (Å²) >= 11 is 5.66. The van der Waals surface area contributed by atoms with E-state index in [4.69, 9.17) is 11.6 Å². The number of nitrogens with zero attached hydrogens (tertiary/aromatic N) is 1. The Hall–Kier alpha value is -1.15. The van der Waals surface area contributed by atoms with Crippen LogP contribution in [0.2, 0.25) is 0 Å². The van der Waals surface area contributed by atoms with Gasteiger partial charge in [-0.2, -0.15) is 0 Å². The van der Waals surface area contributed by atoms with Gasteiger partial charge in [-0.1, -0.05) is 18.2 Å². The van der Waals surface area contributed by atoms with E-state index >= 15 is 0 Å². The van der Waals surface area contributed by atoms with Gasteiger partial charge >= 0.3 is 0 Å².